The number of benzene rings is 2. The van der Waals surface area contributed by atoms with Crippen LogP contribution in [0.15, 0.2) is 45.7 Å². The van der Waals surface area contributed by atoms with Crippen LogP contribution in [-0.4, -0.2) is 48.8 Å². The van der Waals surface area contributed by atoms with Crippen LogP contribution in [0.1, 0.15) is 5.89 Å². The average molecular weight is 428 g/mol. The molecule has 1 aliphatic heterocycles. The first kappa shape index (κ1) is 19.3. The van der Waals surface area contributed by atoms with Gasteiger partial charge in [0.05, 0.1) is 6.54 Å². The van der Waals surface area contributed by atoms with Gasteiger partial charge in [-0.2, -0.15) is 4.31 Å². The summed E-state index contributed by atoms with van der Waals surface area (Å²) in [7, 11) is -4.10. The van der Waals surface area contributed by atoms with Crippen molar-refractivity contribution >= 4 is 32.7 Å². The zero-order chi connectivity index (χ0) is 19.9. The first-order chi connectivity index (χ1) is 13.3. The first-order valence-corrected chi connectivity index (χ1v) is 10.4. The molecule has 1 aromatic heterocycles. The molecule has 0 saturated carbocycles. The number of nitrogens with zero attached hydrogens (tertiary/aromatic N) is 3. The van der Waals surface area contributed by atoms with E-state index in [1.807, 2.05) is 4.90 Å². The summed E-state index contributed by atoms with van der Waals surface area (Å²) in [6.45, 7) is 1.55. The Morgan fingerprint density at radius 3 is 2.57 bits per heavy atom. The van der Waals surface area contributed by atoms with Gasteiger partial charge in [0.2, 0.25) is 15.9 Å². The lowest BCUT2D eigenvalue weighted by molar-refractivity contribution is 0.169. The number of hydrogen-bond acceptors (Lipinski definition) is 5. The molecule has 4 rings (SSSR count). The van der Waals surface area contributed by atoms with Crippen LogP contribution in [0.25, 0.3) is 11.1 Å². The van der Waals surface area contributed by atoms with Crippen molar-refractivity contribution in [3.63, 3.8) is 0 Å². The van der Waals surface area contributed by atoms with Gasteiger partial charge >= 0.3 is 0 Å². The fourth-order valence-corrected chi connectivity index (χ4v) is 4.81. The summed E-state index contributed by atoms with van der Waals surface area (Å²) in [4.78, 5) is 5.73. The van der Waals surface area contributed by atoms with Gasteiger partial charge in [-0.05, 0) is 36.4 Å². The van der Waals surface area contributed by atoms with Crippen LogP contribution in [0.4, 0.5) is 8.78 Å². The van der Waals surface area contributed by atoms with Crippen LogP contribution >= 0.6 is 11.6 Å². The highest BCUT2D eigenvalue weighted by molar-refractivity contribution is 7.89. The molecule has 0 atom stereocenters. The molecule has 0 N–H and O–H groups in total. The Balaban J connectivity index is 1.44. The van der Waals surface area contributed by atoms with Crippen molar-refractivity contribution < 1.29 is 21.6 Å². The van der Waals surface area contributed by atoms with Crippen LogP contribution in [0.5, 0.6) is 0 Å². The number of hydrogen-bond donors (Lipinski definition) is 0. The van der Waals surface area contributed by atoms with Gasteiger partial charge < -0.3 is 4.42 Å². The van der Waals surface area contributed by atoms with Crippen molar-refractivity contribution in [2.75, 3.05) is 26.2 Å². The minimum absolute atomic E-state index is 0.157. The molecule has 0 spiro atoms. The van der Waals surface area contributed by atoms with E-state index in [1.54, 1.807) is 18.2 Å². The van der Waals surface area contributed by atoms with Gasteiger partial charge in [-0.15, -0.1) is 0 Å². The van der Waals surface area contributed by atoms with E-state index in [2.05, 4.69) is 4.98 Å². The minimum atomic E-state index is -4.10. The Labute approximate surface area is 165 Å². The van der Waals surface area contributed by atoms with Crippen LogP contribution in [0.3, 0.4) is 0 Å². The molecule has 1 aliphatic rings. The lowest BCUT2D eigenvalue weighted by atomic mass is 10.3. The van der Waals surface area contributed by atoms with Gasteiger partial charge in [0, 0.05) is 31.2 Å². The molecule has 148 valence electrons. The number of oxazole rings is 1. The molecule has 2 heterocycles. The number of halogens is 3. The normalized spacial score (nSPS) is 16.7. The second-order valence-corrected chi connectivity index (χ2v) is 8.82. The summed E-state index contributed by atoms with van der Waals surface area (Å²) in [5.41, 5.74) is 1.28. The minimum Gasteiger partial charge on any atom is -0.439 e. The summed E-state index contributed by atoms with van der Waals surface area (Å²) < 4.78 is 59.4. The molecule has 1 fully saturated rings. The Hall–Kier alpha value is -2.07. The third-order valence-electron chi connectivity index (χ3n) is 4.60. The molecule has 2 aromatic carbocycles. The molecule has 0 radical (unpaired) electrons. The Morgan fingerprint density at radius 1 is 1.07 bits per heavy atom. The van der Waals surface area contributed by atoms with Crippen molar-refractivity contribution in [2.24, 2.45) is 0 Å². The van der Waals surface area contributed by atoms with E-state index in [1.165, 1.54) is 0 Å². The number of fused-ring (bicyclic) bond motifs is 1. The Morgan fingerprint density at radius 2 is 1.82 bits per heavy atom. The first-order valence-electron chi connectivity index (χ1n) is 8.55. The highest BCUT2D eigenvalue weighted by Gasteiger charge is 2.31. The van der Waals surface area contributed by atoms with Crippen molar-refractivity contribution in [3.05, 3.63) is 58.9 Å². The molecule has 0 aliphatic carbocycles. The fourth-order valence-electron chi connectivity index (χ4n) is 3.15. The topological polar surface area (TPSA) is 66.7 Å². The van der Waals surface area contributed by atoms with Crippen LogP contribution < -0.4 is 0 Å². The van der Waals surface area contributed by atoms with Crippen molar-refractivity contribution in [3.8, 4) is 0 Å². The summed E-state index contributed by atoms with van der Waals surface area (Å²) in [6.07, 6.45) is 0. The molecule has 0 amide bonds. The lowest BCUT2D eigenvalue weighted by Crippen LogP contribution is -2.48. The molecular weight excluding hydrogens is 412 g/mol. The van der Waals surface area contributed by atoms with E-state index in [-0.39, 0.29) is 13.1 Å². The molecule has 0 unspecified atom stereocenters. The molecule has 0 bridgehead atoms. The van der Waals surface area contributed by atoms with E-state index in [4.69, 9.17) is 16.0 Å². The van der Waals surface area contributed by atoms with Crippen LogP contribution in [0.2, 0.25) is 5.02 Å². The molecule has 3 aromatic rings. The number of aromatic nitrogens is 1. The van der Waals surface area contributed by atoms with Gasteiger partial charge in [-0.1, -0.05) is 11.6 Å². The maximum Gasteiger partial charge on any atom is 0.246 e. The monoisotopic (exact) mass is 427 g/mol. The van der Waals surface area contributed by atoms with Gasteiger partial charge in [0.15, 0.2) is 5.58 Å². The number of sulfonamides is 1. The van der Waals surface area contributed by atoms with Crippen molar-refractivity contribution in [1.82, 2.24) is 14.2 Å². The standard InChI is InChI=1S/C18H16ClF2N3O3S/c19-12-1-4-16-15(9-12)22-18(27-16)11-23-5-7-24(8-6-23)28(25,26)17-10-13(20)2-3-14(17)21/h1-4,9-10H,5-8,11H2. The second-order valence-electron chi connectivity index (χ2n) is 6.47. The molecule has 1 saturated heterocycles. The summed E-state index contributed by atoms with van der Waals surface area (Å²) in [5.74, 6) is -1.26. The predicted octanol–water partition coefficient (Wildman–Crippen LogP) is 3.27. The fraction of sp³-hybridized carbons (Fsp3) is 0.278. The van der Waals surface area contributed by atoms with Gasteiger partial charge in [0.25, 0.3) is 0 Å². The van der Waals surface area contributed by atoms with E-state index in [9.17, 15) is 17.2 Å². The van der Waals surface area contributed by atoms with Crippen LogP contribution in [-0.2, 0) is 16.6 Å². The zero-order valence-corrected chi connectivity index (χ0v) is 16.2. The number of rotatable bonds is 4. The van der Waals surface area contributed by atoms with Crippen LogP contribution in [0, 0.1) is 11.6 Å². The molecular formula is C18H16ClF2N3O3S. The smallest absolute Gasteiger partial charge is 0.246 e. The second kappa shape index (κ2) is 7.40. The maximum atomic E-state index is 13.9. The van der Waals surface area contributed by atoms with Crippen molar-refractivity contribution in [2.45, 2.75) is 11.4 Å². The predicted molar refractivity (Wildman–Crippen MR) is 99.4 cm³/mol. The Bertz CT molecular complexity index is 1130. The highest BCUT2D eigenvalue weighted by atomic mass is 35.5. The van der Waals surface area contributed by atoms with E-state index in [0.29, 0.717) is 47.7 Å². The van der Waals surface area contributed by atoms with Crippen molar-refractivity contribution in [1.29, 1.82) is 0 Å². The molecule has 28 heavy (non-hydrogen) atoms. The largest absolute Gasteiger partial charge is 0.439 e. The van der Waals surface area contributed by atoms with Gasteiger partial charge in [0.1, 0.15) is 22.0 Å². The van der Waals surface area contributed by atoms with E-state index >= 15 is 0 Å². The highest BCUT2D eigenvalue weighted by Crippen LogP contribution is 2.23. The summed E-state index contributed by atoms with van der Waals surface area (Å²) in [6, 6.07) is 7.58. The number of piperazine rings is 1. The molecule has 6 nitrogen and oxygen atoms in total. The zero-order valence-electron chi connectivity index (χ0n) is 14.6. The third-order valence-corrected chi connectivity index (χ3v) is 6.74. The SMILES string of the molecule is O=S(=O)(c1cc(F)ccc1F)N1CCN(Cc2nc3cc(Cl)ccc3o2)CC1. The average Bonchev–Trinajstić information content (AvgIpc) is 3.05. The van der Waals surface area contributed by atoms with E-state index < -0.39 is 26.6 Å². The quantitative estimate of drug-likeness (QED) is 0.639. The lowest BCUT2D eigenvalue weighted by Gasteiger charge is -2.33. The molecule has 10 heteroatoms. The van der Waals surface area contributed by atoms with Gasteiger partial charge in [-0.3, -0.25) is 4.90 Å². The third kappa shape index (κ3) is 3.75. The maximum absolute atomic E-state index is 13.9. The van der Waals surface area contributed by atoms with E-state index in [0.717, 1.165) is 16.4 Å². The summed E-state index contributed by atoms with van der Waals surface area (Å²) in [5, 5.41) is 0.566. The summed E-state index contributed by atoms with van der Waals surface area (Å²) >= 11 is 5.95. The Kier molecular flexibility index (Phi) is 5.09. The van der Waals surface area contributed by atoms with Gasteiger partial charge in [-0.25, -0.2) is 22.2 Å².